The molecule has 0 radical (unpaired) electrons. The Balaban J connectivity index is 1.64. The van der Waals surface area contributed by atoms with Crippen molar-refractivity contribution in [2.24, 2.45) is 0 Å². The molecule has 0 unspecified atom stereocenters. The summed E-state index contributed by atoms with van der Waals surface area (Å²) in [7, 11) is -7.63. The van der Waals surface area contributed by atoms with Gasteiger partial charge in [0.1, 0.15) is 10.4 Å². The number of hydrogen-bond acceptors (Lipinski definition) is 7. The van der Waals surface area contributed by atoms with E-state index in [2.05, 4.69) is 40.3 Å². The van der Waals surface area contributed by atoms with E-state index in [1.165, 1.54) is 24.3 Å². The standard InChI is InChI=1S/C14H13BrN4O5S2/c15-10-4-6-11(7-5-10)25(20,21)16-8-9-17-26(22,23)13-3-1-2-12-14(13)19-24-18-12/h1-7,16-17H,8-9H2. The highest BCUT2D eigenvalue weighted by Gasteiger charge is 2.20. The highest BCUT2D eigenvalue weighted by Crippen LogP contribution is 2.19. The second kappa shape index (κ2) is 7.40. The lowest BCUT2D eigenvalue weighted by molar-refractivity contribution is 0.315. The van der Waals surface area contributed by atoms with Crippen LogP contribution in [0.2, 0.25) is 0 Å². The zero-order valence-electron chi connectivity index (χ0n) is 13.1. The summed E-state index contributed by atoms with van der Waals surface area (Å²) in [5.74, 6) is 0. The smallest absolute Gasteiger partial charge is 0.242 e. The fourth-order valence-electron chi connectivity index (χ4n) is 2.14. The van der Waals surface area contributed by atoms with Crippen molar-refractivity contribution in [3.63, 3.8) is 0 Å². The van der Waals surface area contributed by atoms with Crippen molar-refractivity contribution in [2.45, 2.75) is 9.79 Å². The van der Waals surface area contributed by atoms with Crippen LogP contribution in [0.5, 0.6) is 0 Å². The van der Waals surface area contributed by atoms with Crippen LogP contribution in [0, 0.1) is 0 Å². The number of rotatable bonds is 7. The van der Waals surface area contributed by atoms with Gasteiger partial charge < -0.3 is 0 Å². The highest BCUT2D eigenvalue weighted by molar-refractivity contribution is 9.10. The van der Waals surface area contributed by atoms with E-state index in [4.69, 9.17) is 0 Å². The van der Waals surface area contributed by atoms with E-state index >= 15 is 0 Å². The van der Waals surface area contributed by atoms with E-state index < -0.39 is 20.0 Å². The van der Waals surface area contributed by atoms with Crippen molar-refractivity contribution in [2.75, 3.05) is 13.1 Å². The monoisotopic (exact) mass is 460 g/mol. The van der Waals surface area contributed by atoms with Crippen LogP contribution in [-0.2, 0) is 20.0 Å². The number of nitrogens with zero attached hydrogens (tertiary/aromatic N) is 2. The first kappa shape index (κ1) is 18.9. The molecule has 9 nitrogen and oxygen atoms in total. The summed E-state index contributed by atoms with van der Waals surface area (Å²) in [4.78, 5) is -0.00554. The second-order valence-corrected chi connectivity index (χ2v) is 9.56. The van der Waals surface area contributed by atoms with Crippen LogP contribution in [0.15, 0.2) is 61.4 Å². The molecule has 12 heteroatoms. The van der Waals surface area contributed by atoms with Gasteiger partial charge in [0.05, 0.1) is 4.90 Å². The van der Waals surface area contributed by atoms with Gasteiger partial charge in [0.15, 0.2) is 5.52 Å². The molecule has 3 aromatic rings. The molecular formula is C14H13BrN4O5S2. The number of fused-ring (bicyclic) bond motifs is 1. The molecule has 0 saturated carbocycles. The van der Waals surface area contributed by atoms with Crippen LogP contribution in [0.3, 0.4) is 0 Å². The van der Waals surface area contributed by atoms with Gasteiger partial charge in [-0.05, 0) is 46.7 Å². The van der Waals surface area contributed by atoms with Gasteiger partial charge in [-0.2, -0.15) is 0 Å². The van der Waals surface area contributed by atoms with Crippen LogP contribution in [0.1, 0.15) is 0 Å². The zero-order valence-corrected chi connectivity index (χ0v) is 16.3. The van der Waals surface area contributed by atoms with Crippen molar-refractivity contribution in [3.05, 3.63) is 46.9 Å². The van der Waals surface area contributed by atoms with Gasteiger partial charge >= 0.3 is 0 Å². The molecular weight excluding hydrogens is 448 g/mol. The number of benzene rings is 2. The maximum atomic E-state index is 12.4. The lowest BCUT2D eigenvalue weighted by Gasteiger charge is -2.09. The third-order valence-electron chi connectivity index (χ3n) is 3.37. The predicted octanol–water partition coefficient (Wildman–Crippen LogP) is 1.24. The summed E-state index contributed by atoms with van der Waals surface area (Å²) in [5.41, 5.74) is 0.416. The Hall–Kier alpha value is -1.86. The fourth-order valence-corrected chi connectivity index (χ4v) is 4.62. The van der Waals surface area contributed by atoms with Gasteiger partial charge in [-0.1, -0.05) is 22.0 Å². The summed E-state index contributed by atoms with van der Waals surface area (Å²) < 4.78 is 59.0. The molecule has 0 amide bonds. The van der Waals surface area contributed by atoms with Crippen molar-refractivity contribution in [1.29, 1.82) is 0 Å². The number of halogens is 1. The van der Waals surface area contributed by atoms with E-state index in [0.29, 0.717) is 5.52 Å². The molecule has 2 N–H and O–H groups in total. The lowest BCUT2D eigenvalue weighted by Crippen LogP contribution is -2.34. The number of aromatic nitrogens is 2. The first-order valence-electron chi connectivity index (χ1n) is 7.26. The Kier molecular flexibility index (Phi) is 5.39. The van der Waals surface area contributed by atoms with Crippen LogP contribution in [0.25, 0.3) is 11.0 Å². The minimum atomic E-state index is -3.90. The first-order chi connectivity index (χ1) is 12.3. The van der Waals surface area contributed by atoms with Gasteiger partial charge in [-0.3, -0.25) is 0 Å². The maximum absolute atomic E-state index is 12.4. The lowest BCUT2D eigenvalue weighted by atomic mass is 10.3. The molecule has 0 aliphatic carbocycles. The van der Waals surface area contributed by atoms with Crippen molar-refractivity contribution >= 4 is 47.0 Å². The Bertz CT molecular complexity index is 1130. The summed E-state index contributed by atoms with van der Waals surface area (Å²) in [6, 6.07) is 10.5. The Morgan fingerprint density at radius 1 is 0.885 bits per heavy atom. The van der Waals surface area contributed by atoms with Gasteiger partial charge in [0.25, 0.3) is 0 Å². The van der Waals surface area contributed by atoms with Gasteiger partial charge in [-0.15, -0.1) is 0 Å². The predicted molar refractivity (Wildman–Crippen MR) is 96.3 cm³/mol. The van der Waals surface area contributed by atoms with Crippen LogP contribution >= 0.6 is 15.9 Å². The molecule has 0 fully saturated rings. The van der Waals surface area contributed by atoms with E-state index in [-0.39, 0.29) is 28.4 Å². The summed E-state index contributed by atoms with van der Waals surface area (Å²) in [6.45, 7) is -0.259. The molecule has 0 aliphatic heterocycles. The maximum Gasteiger partial charge on any atom is 0.242 e. The summed E-state index contributed by atoms with van der Waals surface area (Å²) >= 11 is 3.23. The quantitative estimate of drug-likeness (QED) is 0.506. The minimum Gasteiger partial charge on any atom is -0.243 e. The number of sulfonamides is 2. The number of nitrogens with one attached hydrogen (secondary N) is 2. The topological polar surface area (TPSA) is 131 Å². The molecule has 138 valence electrons. The van der Waals surface area contributed by atoms with Gasteiger partial charge in [-0.25, -0.2) is 30.9 Å². The zero-order chi connectivity index (χ0) is 18.8. The fraction of sp³-hybridized carbons (Fsp3) is 0.143. The average molecular weight is 461 g/mol. The molecule has 1 heterocycles. The molecule has 0 bridgehead atoms. The molecule has 2 aromatic carbocycles. The van der Waals surface area contributed by atoms with Gasteiger partial charge in [0.2, 0.25) is 20.0 Å². The van der Waals surface area contributed by atoms with Crippen molar-refractivity contribution < 1.29 is 21.5 Å². The highest BCUT2D eigenvalue weighted by atomic mass is 79.9. The Labute approximate surface area is 158 Å². The summed E-state index contributed by atoms with van der Waals surface area (Å²) in [6.07, 6.45) is 0. The van der Waals surface area contributed by atoms with E-state index in [9.17, 15) is 16.8 Å². The first-order valence-corrected chi connectivity index (χ1v) is 11.0. The third kappa shape index (κ3) is 4.10. The number of hydrogen-bond donors (Lipinski definition) is 2. The van der Waals surface area contributed by atoms with Crippen LogP contribution < -0.4 is 9.44 Å². The van der Waals surface area contributed by atoms with Crippen molar-refractivity contribution in [1.82, 2.24) is 19.8 Å². The largest absolute Gasteiger partial charge is 0.243 e. The van der Waals surface area contributed by atoms with Crippen LogP contribution in [0.4, 0.5) is 0 Å². The minimum absolute atomic E-state index is 0.0852. The summed E-state index contributed by atoms with van der Waals surface area (Å²) in [5, 5.41) is 7.17. The second-order valence-electron chi connectivity index (χ2n) is 5.14. The van der Waals surface area contributed by atoms with Crippen molar-refractivity contribution in [3.8, 4) is 0 Å². The SMILES string of the molecule is O=S(=O)(NCCNS(=O)(=O)c1cccc2nonc12)c1ccc(Br)cc1. The Morgan fingerprint density at radius 2 is 1.54 bits per heavy atom. The molecule has 0 saturated heterocycles. The van der Waals surface area contributed by atoms with E-state index in [0.717, 1.165) is 4.47 Å². The molecule has 3 rings (SSSR count). The molecule has 0 aliphatic rings. The van der Waals surface area contributed by atoms with E-state index in [1.807, 2.05) is 0 Å². The normalized spacial score (nSPS) is 12.5. The molecule has 26 heavy (non-hydrogen) atoms. The van der Waals surface area contributed by atoms with Gasteiger partial charge in [0, 0.05) is 17.6 Å². The molecule has 1 aromatic heterocycles. The van der Waals surface area contributed by atoms with E-state index in [1.54, 1.807) is 18.2 Å². The molecule has 0 atom stereocenters. The Morgan fingerprint density at radius 3 is 2.23 bits per heavy atom. The van der Waals surface area contributed by atoms with Crippen LogP contribution in [-0.4, -0.2) is 40.2 Å². The molecule has 0 spiro atoms. The average Bonchev–Trinajstić information content (AvgIpc) is 3.07. The third-order valence-corrected chi connectivity index (χ3v) is 6.87.